The standard InChI is InChI=1S/C15H23ClN2/c1-12-7-8-14(17-10-12)15(16)9-5-4-6-13(15)11-18(2)3/h7-8,10,13H,4-6,9,11H2,1-3H3. The zero-order valence-electron chi connectivity index (χ0n) is 11.6. The molecule has 1 saturated carbocycles. The average molecular weight is 267 g/mol. The molecule has 1 aliphatic rings. The number of hydrogen-bond donors (Lipinski definition) is 0. The molecule has 1 aromatic rings. The average Bonchev–Trinajstić information content (AvgIpc) is 2.32. The van der Waals surface area contributed by atoms with Crippen molar-refractivity contribution < 1.29 is 0 Å². The fourth-order valence-corrected chi connectivity index (χ4v) is 3.36. The zero-order valence-corrected chi connectivity index (χ0v) is 12.4. The molecule has 1 fully saturated rings. The van der Waals surface area contributed by atoms with Crippen molar-refractivity contribution in [2.75, 3.05) is 20.6 Å². The summed E-state index contributed by atoms with van der Waals surface area (Å²) < 4.78 is 0. The lowest BCUT2D eigenvalue weighted by atomic mass is 9.76. The Hall–Kier alpha value is -0.600. The van der Waals surface area contributed by atoms with Crippen LogP contribution < -0.4 is 0 Å². The van der Waals surface area contributed by atoms with Crippen LogP contribution in [0, 0.1) is 12.8 Å². The fourth-order valence-electron chi connectivity index (χ4n) is 2.93. The third-order valence-electron chi connectivity index (χ3n) is 3.91. The summed E-state index contributed by atoms with van der Waals surface area (Å²) in [4.78, 5) is 6.55. The second-order valence-corrected chi connectivity index (χ2v) is 6.46. The van der Waals surface area contributed by atoms with Gasteiger partial charge in [0.05, 0.1) is 10.6 Å². The Morgan fingerprint density at radius 2 is 2.17 bits per heavy atom. The van der Waals surface area contributed by atoms with Gasteiger partial charge in [0, 0.05) is 12.7 Å². The molecule has 3 heteroatoms. The minimum atomic E-state index is -0.268. The molecule has 1 aliphatic carbocycles. The molecular weight excluding hydrogens is 244 g/mol. The van der Waals surface area contributed by atoms with Gasteiger partial charge >= 0.3 is 0 Å². The number of hydrogen-bond acceptors (Lipinski definition) is 2. The van der Waals surface area contributed by atoms with Gasteiger partial charge in [-0.05, 0) is 51.4 Å². The van der Waals surface area contributed by atoms with E-state index < -0.39 is 0 Å². The van der Waals surface area contributed by atoms with Crippen molar-refractivity contribution in [3.63, 3.8) is 0 Å². The topological polar surface area (TPSA) is 16.1 Å². The Morgan fingerprint density at radius 3 is 2.78 bits per heavy atom. The number of alkyl halides is 1. The molecule has 0 bridgehead atoms. The van der Waals surface area contributed by atoms with Crippen molar-refractivity contribution in [1.29, 1.82) is 0 Å². The molecular formula is C15H23ClN2. The van der Waals surface area contributed by atoms with Crippen molar-refractivity contribution >= 4 is 11.6 Å². The second kappa shape index (κ2) is 5.58. The molecule has 0 amide bonds. The second-order valence-electron chi connectivity index (χ2n) is 5.79. The molecule has 100 valence electrons. The maximum Gasteiger partial charge on any atom is 0.0905 e. The van der Waals surface area contributed by atoms with E-state index in [2.05, 4.69) is 43.0 Å². The summed E-state index contributed by atoms with van der Waals surface area (Å²) >= 11 is 6.97. The molecule has 1 aromatic heterocycles. The number of pyridine rings is 1. The van der Waals surface area contributed by atoms with Gasteiger partial charge < -0.3 is 4.90 Å². The summed E-state index contributed by atoms with van der Waals surface area (Å²) in [6.07, 6.45) is 6.68. The first-order chi connectivity index (χ1) is 8.52. The minimum absolute atomic E-state index is 0.268. The van der Waals surface area contributed by atoms with Crippen LogP contribution in [0.25, 0.3) is 0 Å². The monoisotopic (exact) mass is 266 g/mol. The number of rotatable bonds is 3. The highest BCUT2D eigenvalue weighted by atomic mass is 35.5. The van der Waals surface area contributed by atoms with E-state index in [1.165, 1.54) is 24.8 Å². The molecule has 0 aromatic carbocycles. The highest BCUT2D eigenvalue weighted by molar-refractivity contribution is 6.24. The lowest BCUT2D eigenvalue weighted by Gasteiger charge is -2.40. The third kappa shape index (κ3) is 2.86. The van der Waals surface area contributed by atoms with Crippen LogP contribution in [0.3, 0.4) is 0 Å². The van der Waals surface area contributed by atoms with E-state index in [1.807, 2.05) is 6.20 Å². The number of halogens is 1. The van der Waals surface area contributed by atoms with Gasteiger partial charge in [0.2, 0.25) is 0 Å². The number of nitrogens with zero attached hydrogens (tertiary/aromatic N) is 2. The first-order valence-corrected chi connectivity index (χ1v) is 7.17. The van der Waals surface area contributed by atoms with Crippen molar-refractivity contribution in [3.05, 3.63) is 29.6 Å². The molecule has 0 radical (unpaired) electrons. The van der Waals surface area contributed by atoms with E-state index in [-0.39, 0.29) is 4.87 Å². The molecule has 1 heterocycles. The molecule has 2 rings (SSSR count). The van der Waals surface area contributed by atoms with Gasteiger partial charge in [0.15, 0.2) is 0 Å². The summed E-state index contributed by atoms with van der Waals surface area (Å²) in [6.45, 7) is 3.11. The van der Waals surface area contributed by atoms with Crippen LogP contribution in [0.4, 0.5) is 0 Å². The molecule has 0 saturated heterocycles. The predicted octanol–water partition coefficient (Wildman–Crippen LogP) is 3.58. The van der Waals surface area contributed by atoms with Gasteiger partial charge in [0.1, 0.15) is 0 Å². The molecule has 0 aliphatic heterocycles. The maximum absolute atomic E-state index is 6.97. The summed E-state index contributed by atoms with van der Waals surface area (Å²) in [5.41, 5.74) is 2.25. The van der Waals surface area contributed by atoms with Crippen LogP contribution in [0.5, 0.6) is 0 Å². The van der Waals surface area contributed by atoms with Gasteiger partial charge in [-0.3, -0.25) is 4.98 Å². The Bertz CT molecular complexity index is 388. The lowest BCUT2D eigenvalue weighted by Crippen LogP contribution is -2.39. The Balaban J connectivity index is 2.26. The van der Waals surface area contributed by atoms with Crippen LogP contribution in [0.15, 0.2) is 18.3 Å². The van der Waals surface area contributed by atoms with Crippen LogP contribution in [-0.2, 0) is 4.87 Å². The summed E-state index contributed by atoms with van der Waals surface area (Å²) in [5, 5.41) is 0. The Morgan fingerprint density at radius 1 is 1.39 bits per heavy atom. The first-order valence-electron chi connectivity index (χ1n) is 6.79. The van der Waals surface area contributed by atoms with Crippen LogP contribution in [0.2, 0.25) is 0 Å². The third-order valence-corrected chi connectivity index (χ3v) is 4.60. The van der Waals surface area contributed by atoms with Crippen molar-refractivity contribution in [3.8, 4) is 0 Å². The summed E-state index contributed by atoms with van der Waals surface area (Å²) in [6, 6.07) is 4.23. The number of aryl methyl sites for hydroxylation is 1. The Kier molecular flexibility index (Phi) is 4.29. The Labute approximate surface area is 115 Å². The van der Waals surface area contributed by atoms with Gasteiger partial charge in [-0.1, -0.05) is 18.9 Å². The number of aromatic nitrogens is 1. The van der Waals surface area contributed by atoms with E-state index >= 15 is 0 Å². The molecule has 2 atom stereocenters. The first kappa shape index (κ1) is 13.8. The fraction of sp³-hybridized carbons (Fsp3) is 0.667. The van der Waals surface area contributed by atoms with Gasteiger partial charge in [-0.25, -0.2) is 0 Å². The lowest BCUT2D eigenvalue weighted by molar-refractivity contribution is 0.204. The van der Waals surface area contributed by atoms with E-state index in [0.29, 0.717) is 5.92 Å². The van der Waals surface area contributed by atoms with Crippen LogP contribution in [0.1, 0.15) is 36.9 Å². The smallest absolute Gasteiger partial charge is 0.0905 e. The molecule has 2 nitrogen and oxygen atoms in total. The molecule has 2 unspecified atom stereocenters. The van der Waals surface area contributed by atoms with Crippen molar-refractivity contribution in [2.24, 2.45) is 5.92 Å². The van der Waals surface area contributed by atoms with Crippen molar-refractivity contribution in [2.45, 2.75) is 37.5 Å². The maximum atomic E-state index is 6.97. The van der Waals surface area contributed by atoms with Gasteiger partial charge in [0.25, 0.3) is 0 Å². The highest BCUT2D eigenvalue weighted by Crippen LogP contribution is 2.46. The SMILES string of the molecule is Cc1ccc(C2(Cl)CCCCC2CN(C)C)nc1. The predicted molar refractivity (Wildman–Crippen MR) is 77.0 cm³/mol. The summed E-state index contributed by atoms with van der Waals surface area (Å²) in [7, 11) is 4.24. The normalized spacial score (nSPS) is 28.6. The molecule has 18 heavy (non-hydrogen) atoms. The zero-order chi connectivity index (χ0) is 13.2. The van der Waals surface area contributed by atoms with E-state index in [9.17, 15) is 0 Å². The van der Waals surface area contributed by atoms with Gasteiger partial charge in [-0.15, -0.1) is 11.6 Å². The summed E-state index contributed by atoms with van der Waals surface area (Å²) in [5.74, 6) is 0.498. The van der Waals surface area contributed by atoms with Crippen molar-refractivity contribution in [1.82, 2.24) is 9.88 Å². The van der Waals surface area contributed by atoms with E-state index in [0.717, 1.165) is 18.7 Å². The molecule has 0 spiro atoms. The minimum Gasteiger partial charge on any atom is -0.309 e. The van der Waals surface area contributed by atoms with Crippen LogP contribution in [-0.4, -0.2) is 30.5 Å². The quantitative estimate of drug-likeness (QED) is 0.778. The van der Waals surface area contributed by atoms with Gasteiger partial charge in [-0.2, -0.15) is 0 Å². The highest BCUT2D eigenvalue weighted by Gasteiger charge is 2.41. The van der Waals surface area contributed by atoms with E-state index in [1.54, 1.807) is 0 Å². The largest absolute Gasteiger partial charge is 0.309 e. The molecule has 0 N–H and O–H groups in total. The van der Waals surface area contributed by atoms with Crippen LogP contribution >= 0.6 is 11.6 Å². The van der Waals surface area contributed by atoms with E-state index in [4.69, 9.17) is 11.6 Å².